The number of H-pyrrole nitrogens is 1. The Kier molecular flexibility index (Phi) is 4.14. The van der Waals surface area contributed by atoms with Crippen molar-refractivity contribution in [3.8, 4) is 0 Å². The Balaban J connectivity index is 2.88. The molecule has 1 rings (SSSR count). The molecule has 0 bridgehead atoms. The van der Waals surface area contributed by atoms with Crippen LogP contribution in [-0.4, -0.2) is 9.97 Å². The Hall–Kier alpha value is -0.830. The van der Waals surface area contributed by atoms with Gasteiger partial charge in [-0.15, -0.1) is 0 Å². The largest absolute Gasteiger partial charge is 0.344 e. The quantitative estimate of drug-likeness (QED) is 0.757. The molecule has 0 fully saturated rings. The third-order valence-electron chi connectivity index (χ3n) is 2.51. The van der Waals surface area contributed by atoms with E-state index in [1.807, 2.05) is 0 Å². The highest BCUT2D eigenvalue weighted by Gasteiger charge is 2.12. The van der Waals surface area contributed by atoms with E-state index in [4.69, 9.17) is 5.73 Å². The molecule has 3 heteroatoms. The molecule has 0 radical (unpaired) electrons. The number of nitrogens with zero attached hydrogens (tertiary/aromatic N) is 1. The van der Waals surface area contributed by atoms with Gasteiger partial charge in [0.25, 0.3) is 0 Å². The fourth-order valence-electron chi connectivity index (χ4n) is 1.59. The van der Waals surface area contributed by atoms with Crippen molar-refractivity contribution < 1.29 is 0 Å². The zero-order valence-corrected chi connectivity index (χ0v) is 9.43. The Morgan fingerprint density at radius 1 is 1.36 bits per heavy atom. The lowest BCUT2D eigenvalue weighted by molar-refractivity contribution is 0.654. The number of nitrogens with one attached hydrogen (secondary N) is 1. The fraction of sp³-hybridized carbons (Fsp3) is 0.727. The third kappa shape index (κ3) is 2.35. The minimum Gasteiger partial charge on any atom is -0.344 e. The highest BCUT2D eigenvalue weighted by Crippen LogP contribution is 2.15. The number of rotatable bonds is 5. The van der Waals surface area contributed by atoms with Gasteiger partial charge in [-0.25, -0.2) is 4.98 Å². The van der Waals surface area contributed by atoms with Crippen molar-refractivity contribution in [2.24, 2.45) is 5.73 Å². The van der Waals surface area contributed by atoms with E-state index < -0.39 is 0 Å². The van der Waals surface area contributed by atoms with Gasteiger partial charge in [-0.05, 0) is 19.3 Å². The third-order valence-corrected chi connectivity index (χ3v) is 2.51. The maximum atomic E-state index is 5.93. The molecule has 0 saturated heterocycles. The van der Waals surface area contributed by atoms with Gasteiger partial charge in [0.2, 0.25) is 0 Å². The van der Waals surface area contributed by atoms with Gasteiger partial charge in [-0.3, -0.25) is 0 Å². The molecular weight excluding hydrogens is 174 g/mol. The first-order valence-corrected chi connectivity index (χ1v) is 5.56. The van der Waals surface area contributed by atoms with Crippen molar-refractivity contribution in [2.75, 3.05) is 0 Å². The SMILES string of the molecule is CCCc1[nH]c(C(N)CC)nc1CC. The van der Waals surface area contributed by atoms with Crippen LogP contribution in [0.3, 0.4) is 0 Å². The first-order valence-electron chi connectivity index (χ1n) is 5.56. The maximum absolute atomic E-state index is 5.93. The number of aromatic nitrogens is 2. The van der Waals surface area contributed by atoms with Crippen LogP contribution in [0.25, 0.3) is 0 Å². The molecule has 0 spiro atoms. The summed E-state index contributed by atoms with van der Waals surface area (Å²) in [5.74, 6) is 0.952. The average Bonchev–Trinajstić information content (AvgIpc) is 2.60. The molecule has 0 aliphatic heterocycles. The van der Waals surface area contributed by atoms with E-state index >= 15 is 0 Å². The lowest BCUT2D eigenvalue weighted by Gasteiger charge is -2.03. The monoisotopic (exact) mass is 195 g/mol. The molecule has 1 aromatic rings. The first-order chi connectivity index (χ1) is 6.72. The van der Waals surface area contributed by atoms with Crippen LogP contribution in [0.2, 0.25) is 0 Å². The highest BCUT2D eigenvalue weighted by molar-refractivity contribution is 5.16. The van der Waals surface area contributed by atoms with Crippen molar-refractivity contribution in [3.05, 3.63) is 17.2 Å². The number of nitrogens with two attached hydrogens (primary N) is 1. The molecule has 1 aromatic heterocycles. The van der Waals surface area contributed by atoms with Crippen molar-refractivity contribution in [1.29, 1.82) is 0 Å². The number of imidazole rings is 1. The number of aromatic amines is 1. The van der Waals surface area contributed by atoms with E-state index in [1.165, 1.54) is 11.4 Å². The van der Waals surface area contributed by atoms with Gasteiger partial charge in [-0.2, -0.15) is 0 Å². The summed E-state index contributed by atoms with van der Waals surface area (Å²) in [7, 11) is 0. The summed E-state index contributed by atoms with van der Waals surface area (Å²) in [6, 6.07) is 0.0610. The predicted molar refractivity (Wildman–Crippen MR) is 59.2 cm³/mol. The van der Waals surface area contributed by atoms with Crippen LogP contribution in [0.1, 0.15) is 56.9 Å². The molecule has 14 heavy (non-hydrogen) atoms. The van der Waals surface area contributed by atoms with E-state index in [0.717, 1.165) is 31.5 Å². The second-order valence-electron chi connectivity index (χ2n) is 3.67. The maximum Gasteiger partial charge on any atom is 0.123 e. The molecule has 1 atom stereocenters. The molecule has 0 aliphatic carbocycles. The summed E-state index contributed by atoms with van der Waals surface area (Å²) in [5, 5.41) is 0. The normalized spacial score (nSPS) is 13.1. The summed E-state index contributed by atoms with van der Waals surface area (Å²) in [6.07, 6.45) is 4.15. The summed E-state index contributed by atoms with van der Waals surface area (Å²) < 4.78 is 0. The Bertz CT molecular complexity index is 278. The zero-order chi connectivity index (χ0) is 10.6. The van der Waals surface area contributed by atoms with Gasteiger partial charge in [0, 0.05) is 5.69 Å². The van der Waals surface area contributed by atoms with Crippen molar-refractivity contribution in [2.45, 2.75) is 52.5 Å². The summed E-state index contributed by atoms with van der Waals surface area (Å²) in [6.45, 7) is 6.40. The molecular formula is C11H21N3. The van der Waals surface area contributed by atoms with Crippen LogP contribution in [0.15, 0.2) is 0 Å². The molecule has 0 aromatic carbocycles. The average molecular weight is 195 g/mol. The van der Waals surface area contributed by atoms with Crippen LogP contribution in [0.5, 0.6) is 0 Å². The van der Waals surface area contributed by atoms with E-state index in [0.29, 0.717) is 0 Å². The van der Waals surface area contributed by atoms with Gasteiger partial charge in [0.05, 0.1) is 11.7 Å². The summed E-state index contributed by atoms with van der Waals surface area (Å²) in [5.41, 5.74) is 8.39. The fourth-order valence-corrected chi connectivity index (χ4v) is 1.59. The summed E-state index contributed by atoms with van der Waals surface area (Å²) in [4.78, 5) is 7.89. The Labute approximate surface area is 86.1 Å². The lowest BCUT2D eigenvalue weighted by atomic mass is 10.2. The smallest absolute Gasteiger partial charge is 0.123 e. The van der Waals surface area contributed by atoms with E-state index in [1.54, 1.807) is 0 Å². The van der Waals surface area contributed by atoms with Crippen molar-refractivity contribution in [1.82, 2.24) is 9.97 Å². The molecule has 3 N–H and O–H groups in total. The second-order valence-corrected chi connectivity index (χ2v) is 3.67. The van der Waals surface area contributed by atoms with Crippen molar-refractivity contribution >= 4 is 0 Å². The number of hydrogen-bond acceptors (Lipinski definition) is 2. The Morgan fingerprint density at radius 2 is 2.07 bits per heavy atom. The van der Waals surface area contributed by atoms with E-state index in [9.17, 15) is 0 Å². The second kappa shape index (κ2) is 5.15. The minimum atomic E-state index is 0.0610. The minimum absolute atomic E-state index is 0.0610. The van der Waals surface area contributed by atoms with Gasteiger partial charge in [-0.1, -0.05) is 27.2 Å². The molecule has 0 amide bonds. The van der Waals surface area contributed by atoms with Gasteiger partial charge >= 0.3 is 0 Å². The Morgan fingerprint density at radius 3 is 2.57 bits per heavy atom. The lowest BCUT2D eigenvalue weighted by Crippen LogP contribution is -2.10. The first kappa shape index (κ1) is 11.2. The van der Waals surface area contributed by atoms with Crippen LogP contribution in [-0.2, 0) is 12.8 Å². The molecule has 3 nitrogen and oxygen atoms in total. The highest BCUT2D eigenvalue weighted by atomic mass is 15.0. The van der Waals surface area contributed by atoms with Crippen LogP contribution in [0.4, 0.5) is 0 Å². The van der Waals surface area contributed by atoms with Gasteiger partial charge in [0.1, 0.15) is 5.82 Å². The molecule has 1 unspecified atom stereocenters. The zero-order valence-electron chi connectivity index (χ0n) is 9.43. The van der Waals surface area contributed by atoms with Crippen LogP contribution in [0, 0.1) is 0 Å². The predicted octanol–water partition coefficient (Wildman–Crippen LogP) is 2.33. The molecule has 0 saturated carbocycles. The molecule has 0 aliphatic rings. The number of aryl methyl sites for hydroxylation is 2. The number of hydrogen-bond donors (Lipinski definition) is 2. The standard InChI is InChI=1S/C11H21N3/c1-4-7-10-9(6-3)13-11(14-10)8(12)5-2/h8H,4-7,12H2,1-3H3,(H,13,14). The van der Waals surface area contributed by atoms with Crippen LogP contribution < -0.4 is 5.73 Å². The molecule has 80 valence electrons. The van der Waals surface area contributed by atoms with Gasteiger partial charge < -0.3 is 10.7 Å². The van der Waals surface area contributed by atoms with Crippen molar-refractivity contribution in [3.63, 3.8) is 0 Å². The van der Waals surface area contributed by atoms with Crippen LogP contribution >= 0.6 is 0 Å². The topological polar surface area (TPSA) is 54.7 Å². The van der Waals surface area contributed by atoms with Gasteiger partial charge in [0.15, 0.2) is 0 Å². The molecule has 1 heterocycles. The van der Waals surface area contributed by atoms with E-state index in [2.05, 4.69) is 30.7 Å². The van der Waals surface area contributed by atoms with E-state index in [-0.39, 0.29) is 6.04 Å². The summed E-state index contributed by atoms with van der Waals surface area (Å²) >= 11 is 0.